The van der Waals surface area contributed by atoms with Crippen molar-refractivity contribution in [1.82, 2.24) is 10.6 Å². The summed E-state index contributed by atoms with van der Waals surface area (Å²) in [5.74, 6) is 0.316. The number of hydrogen-bond donors (Lipinski definition) is 3. The Labute approximate surface area is 166 Å². The van der Waals surface area contributed by atoms with Crippen molar-refractivity contribution in [3.8, 4) is 0 Å². The molecule has 1 amide bonds. The van der Waals surface area contributed by atoms with Crippen LogP contribution in [-0.4, -0.2) is 31.5 Å². The highest BCUT2D eigenvalue weighted by atomic mass is 127. The first kappa shape index (κ1) is 21.0. The maximum Gasteiger partial charge on any atom is 0.251 e. The van der Waals surface area contributed by atoms with E-state index < -0.39 is 0 Å². The van der Waals surface area contributed by atoms with E-state index in [-0.39, 0.29) is 29.9 Å². The number of nitrogens with one attached hydrogen (secondary N) is 2. The van der Waals surface area contributed by atoms with Gasteiger partial charge in [0.05, 0.1) is 0 Å². The van der Waals surface area contributed by atoms with E-state index in [1.807, 2.05) is 43.3 Å². The summed E-state index contributed by atoms with van der Waals surface area (Å²) < 4.78 is 0. The number of hydrogen-bond acceptors (Lipinski definition) is 2. The summed E-state index contributed by atoms with van der Waals surface area (Å²) in [4.78, 5) is 16.2. The average molecular weight is 452 g/mol. The second-order valence-corrected chi connectivity index (χ2v) is 5.55. The first-order chi connectivity index (χ1) is 11.6. The number of amides is 1. The SMILES string of the molecule is Cc1cccc(C(=O)NCCNC(N)=NCCc2ccccc2)c1.I. The Morgan fingerprint density at radius 3 is 2.48 bits per heavy atom. The highest BCUT2D eigenvalue weighted by molar-refractivity contribution is 14.0. The van der Waals surface area contributed by atoms with Crippen LogP contribution in [-0.2, 0) is 6.42 Å². The van der Waals surface area contributed by atoms with Crippen LogP contribution in [0.1, 0.15) is 21.5 Å². The maximum absolute atomic E-state index is 12.0. The van der Waals surface area contributed by atoms with E-state index in [4.69, 9.17) is 5.73 Å². The summed E-state index contributed by atoms with van der Waals surface area (Å²) in [5.41, 5.74) is 8.78. The molecule has 0 heterocycles. The minimum absolute atomic E-state index is 0. The van der Waals surface area contributed by atoms with Crippen molar-refractivity contribution in [3.63, 3.8) is 0 Å². The normalized spacial score (nSPS) is 10.7. The Kier molecular flexibility index (Phi) is 9.61. The molecule has 134 valence electrons. The van der Waals surface area contributed by atoms with E-state index in [0.717, 1.165) is 12.0 Å². The molecule has 0 fully saturated rings. The minimum Gasteiger partial charge on any atom is -0.370 e. The molecule has 5 nitrogen and oxygen atoms in total. The quantitative estimate of drug-likeness (QED) is 0.262. The molecule has 0 radical (unpaired) electrons. The molecule has 0 aliphatic carbocycles. The third kappa shape index (κ3) is 8.02. The van der Waals surface area contributed by atoms with E-state index >= 15 is 0 Å². The summed E-state index contributed by atoms with van der Waals surface area (Å²) >= 11 is 0. The number of aliphatic imine (C=N–C) groups is 1. The van der Waals surface area contributed by atoms with Gasteiger partial charge >= 0.3 is 0 Å². The van der Waals surface area contributed by atoms with E-state index in [1.165, 1.54) is 5.56 Å². The largest absolute Gasteiger partial charge is 0.370 e. The number of carbonyl (C=O) groups excluding carboxylic acids is 1. The van der Waals surface area contributed by atoms with Gasteiger partial charge in [-0.2, -0.15) is 0 Å². The molecule has 0 bridgehead atoms. The van der Waals surface area contributed by atoms with Gasteiger partial charge in [0.1, 0.15) is 0 Å². The maximum atomic E-state index is 12.0. The monoisotopic (exact) mass is 452 g/mol. The number of rotatable bonds is 7. The third-order valence-electron chi connectivity index (χ3n) is 3.52. The van der Waals surface area contributed by atoms with Crippen LogP contribution in [0.5, 0.6) is 0 Å². The summed E-state index contributed by atoms with van der Waals surface area (Å²) in [6.07, 6.45) is 0.854. The molecule has 0 atom stereocenters. The van der Waals surface area contributed by atoms with E-state index in [2.05, 4.69) is 27.8 Å². The van der Waals surface area contributed by atoms with Crippen LogP contribution in [0.3, 0.4) is 0 Å². The van der Waals surface area contributed by atoms with Crippen molar-refractivity contribution in [2.24, 2.45) is 10.7 Å². The zero-order chi connectivity index (χ0) is 17.2. The Morgan fingerprint density at radius 1 is 1.04 bits per heavy atom. The molecule has 4 N–H and O–H groups in total. The van der Waals surface area contributed by atoms with Crippen molar-refractivity contribution in [2.75, 3.05) is 19.6 Å². The Hall–Kier alpha value is -2.09. The van der Waals surface area contributed by atoms with Gasteiger partial charge in [-0.1, -0.05) is 48.0 Å². The lowest BCUT2D eigenvalue weighted by atomic mass is 10.1. The zero-order valence-electron chi connectivity index (χ0n) is 14.4. The van der Waals surface area contributed by atoms with E-state index in [9.17, 15) is 4.79 Å². The van der Waals surface area contributed by atoms with Crippen molar-refractivity contribution in [3.05, 3.63) is 71.3 Å². The van der Waals surface area contributed by atoms with Gasteiger partial charge in [0, 0.05) is 25.2 Å². The summed E-state index contributed by atoms with van der Waals surface area (Å²) in [6.45, 7) is 3.63. The van der Waals surface area contributed by atoms with Crippen LogP contribution in [0.4, 0.5) is 0 Å². The van der Waals surface area contributed by atoms with Crippen molar-refractivity contribution in [2.45, 2.75) is 13.3 Å². The molecule has 0 aliphatic rings. The molecule has 6 heteroatoms. The molecule has 0 saturated heterocycles. The number of guanidine groups is 1. The predicted molar refractivity (Wildman–Crippen MR) is 114 cm³/mol. The number of aryl methyl sites for hydroxylation is 1. The van der Waals surface area contributed by atoms with E-state index in [0.29, 0.717) is 31.2 Å². The fourth-order valence-electron chi connectivity index (χ4n) is 2.26. The molecule has 2 aromatic carbocycles. The number of nitrogens with two attached hydrogens (primary N) is 1. The molecule has 25 heavy (non-hydrogen) atoms. The average Bonchev–Trinajstić information content (AvgIpc) is 2.59. The molecule has 2 rings (SSSR count). The highest BCUT2D eigenvalue weighted by Crippen LogP contribution is 2.03. The third-order valence-corrected chi connectivity index (χ3v) is 3.52. The van der Waals surface area contributed by atoms with Gasteiger partial charge in [-0.15, -0.1) is 24.0 Å². The second-order valence-electron chi connectivity index (χ2n) is 5.55. The van der Waals surface area contributed by atoms with Crippen molar-refractivity contribution >= 4 is 35.8 Å². The lowest BCUT2D eigenvalue weighted by molar-refractivity contribution is 0.0954. The first-order valence-corrected chi connectivity index (χ1v) is 8.08. The van der Waals surface area contributed by atoms with Crippen LogP contribution in [0.15, 0.2) is 59.6 Å². The number of carbonyl (C=O) groups is 1. The van der Waals surface area contributed by atoms with E-state index in [1.54, 1.807) is 6.07 Å². The Morgan fingerprint density at radius 2 is 1.76 bits per heavy atom. The highest BCUT2D eigenvalue weighted by Gasteiger charge is 2.04. The predicted octanol–water partition coefficient (Wildman–Crippen LogP) is 2.49. The van der Waals surface area contributed by atoms with Gasteiger partial charge in [0.15, 0.2) is 5.96 Å². The van der Waals surface area contributed by atoms with Crippen LogP contribution in [0.2, 0.25) is 0 Å². The summed E-state index contributed by atoms with van der Waals surface area (Å²) in [6, 6.07) is 17.7. The van der Waals surface area contributed by atoms with Crippen LogP contribution in [0, 0.1) is 6.92 Å². The van der Waals surface area contributed by atoms with Gasteiger partial charge in [-0.3, -0.25) is 9.79 Å². The van der Waals surface area contributed by atoms with Gasteiger partial charge in [-0.05, 0) is 31.0 Å². The first-order valence-electron chi connectivity index (χ1n) is 8.08. The Balaban J connectivity index is 0.00000312. The molecule has 0 unspecified atom stereocenters. The van der Waals surface area contributed by atoms with Crippen LogP contribution in [0.25, 0.3) is 0 Å². The van der Waals surface area contributed by atoms with Gasteiger partial charge in [0.25, 0.3) is 5.91 Å². The molecule has 0 aliphatic heterocycles. The van der Waals surface area contributed by atoms with Gasteiger partial charge in [0.2, 0.25) is 0 Å². The van der Waals surface area contributed by atoms with Crippen LogP contribution < -0.4 is 16.4 Å². The molecule has 2 aromatic rings. The second kappa shape index (κ2) is 11.5. The summed E-state index contributed by atoms with van der Waals surface area (Å²) in [7, 11) is 0. The summed E-state index contributed by atoms with van der Waals surface area (Å²) in [5, 5.41) is 5.85. The molecule has 0 saturated carbocycles. The number of halogens is 1. The topological polar surface area (TPSA) is 79.5 Å². The molecule has 0 spiro atoms. The van der Waals surface area contributed by atoms with Gasteiger partial charge < -0.3 is 16.4 Å². The lowest BCUT2D eigenvalue weighted by Crippen LogP contribution is -2.38. The van der Waals surface area contributed by atoms with Crippen molar-refractivity contribution in [1.29, 1.82) is 0 Å². The number of benzene rings is 2. The van der Waals surface area contributed by atoms with Crippen LogP contribution >= 0.6 is 24.0 Å². The minimum atomic E-state index is -0.0833. The molecular weight excluding hydrogens is 427 g/mol. The smallest absolute Gasteiger partial charge is 0.251 e. The fraction of sp³-hybridized carbons (Fsp3) is 0.263. The van der Waals surface area contributed by atoms with Crippen molar-refractivity contribution < 1.29 is 4.79 Å². The standard InChI is InChI=1S/C19H24N4O.HI/c1-15-6-5-9-17(14-15)18(24)21-12-13-23-19(20)22-11-10-16-7-3-2-4-8-16;/h2-9,14H,10-13H2,1H3,(H,21,24)(H3,20,22,23);1H. The lowest BCUT2D eigenvalue weighted by Gasteiger charge is -2.08. The molecule has 0 aromatic heterocycles. The Bertz CT molecular complexity index is 689. The fourth-order valence-corrected chi connectivity index (χ4v) is 2.26. The van der Waals surface area contributed by atoms with Gasteiger partial charge in [-0.25, -0.2) is 0 Å². The molecular formula is C19H25IN4O. The number of nitrogens with zero attached hydrogens (tertiary/aromatic N) is 1. The zero-order valence-corrected chi connectivity index (χ0v) is 16.7.